The highest BCUT2D eigenvalue weighted by Crippen LogP contribution is 2.13. The number of amides is 1. The number of para-hydroxylation sites is 1. The summed E-state index contributed by atoms with van der Waals surface area (Å²) in [4.78, 5) is 11.5. The Morgan fingerprint density at radius 1 is 1.42 bits per heavy atom. The number of nitrogens with one attached hydrogen (secondary N) is 1. The predicted molar refractivity (Wildman–Crippen MR) is 73.8 cm³/mol. The Kier molecular flexibility index (Phi) is 3.97. The fourth-order valence-corrected chi connectivity index (χ4v) is 1.78. The summed E-state index contributed by atoms with van der Waals surface area (Å²) in [5.74, 6) is -0.161. The van der Waals surface area contributed by atoms with Crippen molar-refractivity contribution >= 4 is 5.91 Å². The zero-order valence-corrected chi connectivity index (χ0v) is 11.1. The van der Waals surface area contributed by atoms with Crippen LogP contribution in [0.25, 0.3) is 5.69 Å². The minimum absolute atomic E-state index is 0.161. The molecule has 0 aliphatic carbocycles. The van der Waals surface area contributed by atoms with Gasteiger partial charge in [0.25, 0.3) is 0 Å². The number of nitrogens with two attached hydrogens (primary N) is 1. The maximum absolute atomic E-state index is 11.5. The van der Waals surface area contributed by atoms with Gasteiger partial charge in [0.1, 0.15) is 0 Å². The third-order valence-electron chi connectivity index (χ3n) is 2.83. The lowest BCUT2D eigenvalue weighted by Gasteiger charge is -2.12. The van der Waals surface area contributed by atoms with Crippen molar-refractivity contribution in [1.82, 2.24) is 15.1 Å². The lowest BCUT2D eigenvalue weighted by molar-refractivity contribution is -0.122. The monoisotopic (exact) mass is 258 g/mol. The Hall–Kier alpha value is -2.14. The minimum atomic E-state index is -0.501. The number of carbonyl (C=O) groups is 1. The van der Waals surface area contributed by atoms with Crippen molar-refractivity contribution in [2.24, 2.45) is 5.73 Å². The molecule has 0 unspecified atom stereocenters. The van der Waals surface area contributed by atoms with Gasteiger partial charge in [0.2, 0.25) is 5.91 Å². The largest absolute Gasteiger partial charge is 0.351 e. The number of nitrogens with zero attached hydrogens (tertiary/aromatic N) is 2. The second kappa shape index (κ2) is 5.67. The zero-order valence-electron chi connectivity index (χ0n) is 11.1. The zero-order chi connectivity index (χ0) is 13.8. The van der Waals surface area contributed by atoms with E-state index >= 15 is 0 Å². The Bertz CT molecular complexity index is 574. The molecule has 0 aliphatic heterocycles. The Morgan fingerprint density at radius 2 is 2.16 bits per heavy atom. The third kappa shape index (κ3) is 3.20. The van der Waals surface area contributed by atoms with Gasteiger partial charge >= 0.3 is 0 Å². The fraction of sp³-hybridized carbons (Fsp3) is 0.286. The molecule has 2 rings (SSSR count). The van der Waals surface area contributed by atoms with Gasteiger partial charge in [0, 0.05) is 12.7 Å². The van der Waals surface area contributed by atoms with Crippen molar-refractivity contribution in [2.45, 2.75) is 26.4 Å². The number of aryl methyl sites for hydroxylation is 1. The van der Waals surface area contributed by atoms with Crippen LogP contribution in [0.5, 0.6) is 0 Å². The molecule has 1 atom stereocenters. The van der Waals surface area contributed by atoms with E-state index in [0.717, 1.165) is 16.9 Å². The lowest BCUT2D eigenvalue weighted by Crippen LogP contribution is -2.37. The van der Waals surface area contributed by atoms with Crippen LogP contribution in [-0.2, 0) is 11.3 Å². The van der Waals surface area contributed by atoms with Crippen LogP contribution >= 0.6 is 0 Å². The number of benzene rings is 1. The maximum Gasteiger partial charge on any atom is 0.236 e. The van der Waals surface area contributed by atoms with Gasteiger partial charge in [-0.25, -0.2) is 4.68 Å². The highest BCUT2D eigenvalue weighted by atomic mass is 16.2. The molecule has 0 spiro atoms. The average molecular weight is 258 g/mol. The standard InChI is InChI=1S/C14H18N4O/c1-10-7-8-18(17-10)13-6-4-3-5-12(13)9-16-14(19)11(2)15/h3-8,11H,9,15H2,1-2H3,(H,16,19)/t11-/m1/s1. The SMILES string of the molecule is Cc1ccn(-c2ccccc2CNC(=O)[C@@H](C)N)n1. The van der Waals surface area contributed by atoms with Gasteiger partial charge in [0.15, 0.2) is 0 Å². The highest BCUT2D eigenvalue weighted by molar-refractivity contribution is 5.81. The van der Waals surface area contributed by atoms with E-state index in [-0.39, 0.29) is 5.91 Å². The van der Waals surface area contributed by atoms with E-state index < -0.39 is 6.04 Å². The molecule has 19 heavy (non-hydrogen) atoms. The van der Waals surface area contributed by atoms with Crippen LogP contribution in [0.4, 0.5) is 0 Å². The summed E-state index contributed by atoms with van der Waals surface area (Å²) < 4.78 is 1.81. The Morgan fingerprint density at radius 3 is 2.79 bits per heavy atom. The molecule has 3 N–H and O–H groups in total. The van der Waals surface area contributed by atoms with Crippen LogP contribution in [0.1, 0.15) is 18.2 Å². The van der Waals surface area contributed by atoms with Gasteiger partial charge in [-0.3, -0.25) is 4.79 Å². The van der Waals surface area contributed by atoms with Crippen LogP contribution in [-0.4, -0.2) is 21.7 Å². The first-order valence-electron chi connectivity index (χ1n) is 6.22. The molecule has 1 amide bonds. The molecular formula is C14H18N4O. The second-order valence-electron chi connectivity index (χ2n) is 4.54. The molecule has 0 radical (unpaired) electrons. The third-order valence-corrected chi connectivity index (χ3v) is 2.83. The van der Waals surface area contributed by atoms with Crippen molar-refractivity contribution < 1.29 is 4.79 Å². The molecule has 0 saturated carbocycles. The lowest BCUT2D eigenvalue weighted by atomic mass is 10.1. The van der Waals surface area contributed by atoms with Gasteiger partial charge in [-0.15, -0.1) is 0 Å². The first-order valence-corrected chi connectivity index (χ1v) is 6.22. The topological polar surface area (TPSA) is 72.9 Å². The first kappa shape index (κ1) is 13.3. The normalized spacial score (nSPS) is 12.2. The van der Waals surface area contributed by atoms with Gasteiger partial charge in [-0.1, -0.05) is 18.2 Å². The summed E-state index contributed by atoms with van der Waals surface area (Å²) in [7, 11) is 0. The van der Waals surface area contributed by atoms with Crippen molar-refractivity contribution in [3.63, 3.8) is 0 Å². The quantitative estimate of drug-likeness (QED) is 0.864. The van der Waals surface area contributed by atoms with E-state index in [1.54, 1.807) is 6.92 Å². The molecular weight excluding hydrogens is 240 g/mol. The van der Waals surface area contributed by atoms with E-state index in [9.17, 15) is 4.79 Å². The first-order chi connectivity index (χ1) is 9.08. The van der Waals surface area contributed by atoms with Crippen LogP contribution < -0.4 is 11.1 Å². The summed E-state index contributed by atoms with van der Waals surface area (Å²) in [6, 6.07) is 9.26. The van der Waals surface area contributed by atoms with Crippen LogP contribution in [0.15, 0.2) is 36.5 Å². The second-order valence-corrected chi connectivity index (χ2v) is 4.54. The van der Waals surface area contributed by atoms with Crippen LogP contribution in [0, 0.1) is 6.92 Å². The molecule has 1 aromatic carbocycles. The van der Waals surface area contributed by atoms with Crippen molar-refractivity contribution in [3.8, 4) is 5.69 Å². The van der Waals surface area contributed by atoms with Crippen LogP contribution in [0.3, 0.4) is 0 Å². The molecule has 1 aromatic heterocycles. The highest BCUT2D eigenvalue weighted by Gasteiger charge is 2.09. The molecule has 5 nitrogen and oxygen atoms in total. The van der Waals surface area contributed by atoms with E-state index in [0.29, 0.717) is 6.54 Å². The number of hydrogen-bond donors (Lipinski definition) is 2. The van der Waals surface area contributed by atoms with E-state index in [1.807, 2.05) is 48.1 Å². The maximum atomic E-state index is 11.5. The smallest absolute Gasteiger partial charge is 0.236 e. The van der Waals surface area contributed by atoms with Crippen molar-refractivity contribution in [2.75, 3.05) is 0 Å². The molecule has 100 valence electrons. The summed E-state index contributed by atoms with van der Waals surface area (Å²) in [5.41, 5.74) is 8.43. The average Bonchev–Trinajstić information content (AvgIpc) is 2.82. The van der Waals surface area contributed by atoms with Gasteiger partial charge in [-0.2, -0.15) is 5.10 Å². The van der Waals surface area contributed by atoms with Crippen LogP contribution in [0.2, 0.25) is 0 Å². The van der Waals surface area contributed by atoms with E-state index in [4.69, 9.17) is 5.73 Å². The van der Waals surface area contributed by atoms with Gasteiger partial charge in [-0.05, 0) is 31.5 Å². The van der Waals surface area contributed by atoms with Gasteiger partial charge < -0.3 is 11.1 Å². The fourth-order valence-electron chi connectivity index (χ4n) is 1.78. The predicted octanol–water partition coefficient (Wildman–Crippen LogP) is 1.14. The van der Waals surface area contributed by atoms with Gasteiger partial charge in [0.05, 0.1) is 17.4 Å². The molecule has 0 fully saturated rings. The van der Waals surface area contributed by atoms with E-state index in [2.05, 4.69) is 10.4 Å². The summed E-state index contributed by atoms with van der Waals surface area (Å²) in [5, 5.41) is 7.19. The molecule has 1 heterocycles. The Labute approximate surface area is 112 Å². The number of aromatic nitrogens is 2. The summed E-state index contributed by atoms with van der Waals surface area (Å²) >= 11 is 0. The van der Waals surface area contributed by atoms with E-state index in [1.165, 1.54) is 0 Å². The number of rotatable bonds is 4. The van der Waals surface area contributed by atoms with Crippen molar-refractivity contribution in [1.29, 1.82) is 0 Å². The molecule has 0 saturated heterocycles. The minimum Gasteiger partial charge on any atom is -0.351 e. The van der Waals surface area contributed by atoms with Crippen molar-refractivity contribution in [3.05, 3.63) is 47.8 Å². The molecule has 0 aliphatic rings. The number of carbonyl (C=O) groups excluding carboxylic acids is 1. The molecule has 0 bridgehead atoms. The number of hydrogen-bond acceptors (Lipinski definition) is 3. The summed E-state index contributed by atoms with van der Waals surface area (Å²) in [6.07, 6.45) is 1.90. The summed E-state index contributed by atoms with van der Waals surface area (Å²) in [6.45, 7) is 4.05. The molecule has 2 aromatic rings. The Balaban J connectivity index is 2.20. The molecule has 5 heteroatoms.